The zero-order valence-corrected chi connectivity index (χ0v) is 21.6. The number of carbonyl (C=O) groups excluding carboxylic acids is 4. The maximum Gasteiger partial charge on any atom is 0.408 e. The molecule has 2 atom stereocenters. The maximum atomic E-state index is 13.8. The first-order valence-electron chi connectivity index (χ1n) is 11.5. The van der Waals surface area contributed by atoms with E-state index in [1.807, 2.05) is 0 Å². The SMILES string of the molecule is C#CN(C(=O)C(Cc1ccc(O)cc1)NC(=O)OC(C)(C)C)C(C(=O)NCC(=O)OC)c1ccc(O)cc1. The highest BCUT2D eigenvalue weighted by Gasteiger charge is 2.36. The van der Waals surface area contributed by atoms with Gasteiger partial charge in [-0.15, -0.1) is 0 Å². The Morgan fingerprint density at radius 3 is 2.05 bits per heavy atom. The Labute approximate surface area is 220 Å². The first-order valence-corrected chi connectivity index (χ1v) is 11.5. The van der Waals surface area contributed by atoms with Crippen LogP contribution in [0.25, 0.3) is 0 Å². The Morgan fingerprint density at radius 2 is 1.55 bits per heavy atom. The van der Waals surface area contributed by atoms with Crippen molar-refractivity contribution in [2.45, 2.75) is 44.9 Å². The van der Waals surface area contributed by atoms with E-state index in [9.17, 15) is 29.4 Å². The Kier molecular flexibility index (Phi) is 10.1. The minimum atomic E-state index is -1.43. The molecule has 0 aliphatic heterocycles. The van der Waals surface area contributed by atoms with Crippen molar-refractivity contribution in [2.75, 3.05) is 13.7 Å². The van der Waals surface area contributed by atoms with Crippen LogP contribution in [-0.2, 0) is 30.3 Å². The van der Waals surface area contributed by atoms with E-state index in [1.54, 1.807) is 32.9 Å². The van der Waals surface area contributed by atoms with Crippen LogP contribution < -0.4 is 10.6 Å². The smallest absolute Gasteiger partial charge is 0.408 e. The van der Waals surface area contributed by atoms with E-state index in [-0.39, 0.29) is 23.5 Å². The van der Waals surface area contributed by atoms with Crippen LogP contribution in [0.4, 0.5) is 4.79 Å². The van der Waals surface area contributed by atoms with Gasteiger partial charge in [0.15, 0.2) is 0 Å². The van der Waals surface area contributed by atoms with Crippen molar-refractivity contribution >= 4 is 23.9 Å². The van der Waals surface area contributed by atoms with Crippen LogP contribution in [0.2, 0.25) is 0 Å². The molecule has 0 heterocycles. The molecule has 0 saturated heterocycles. The van der Waals surface area contributed by atoms with E-state index >= 15 is 0 Å². The van der Waals surface area contributed by atoms with E-state index < -0.39 is 48.1 Å². The Balaban J connectivity index is 2.46. The molecular weight excluding hydrogens is 494 g/mol. The minimum Gasteiger partial charge on any atom is -0.508 e. The summed E-state index contributed by atoms with van der Waals surface area (Å²) in [4.78, 5) is 51.9. The van der Waals surface area contributed by atoms with E-state index in [0.717, 1.165) is 12.0 Å². The summed E-state index contributed by atoms with van der Waals surface area (Å²) < 4.78 is 9.85. The molecule has 38 heavy (non-hydrogen) atoms. The zero-order valence-electron chi connectivity index (χ0n) is 21.6. The van der Waals surface area contributed by atoms with Crippen molar-refractivity contribution in [1.29, 1.82) is 0 Å². The molecule has 0 aliphatic carbocycles. The van der Waals surface area contributed by atoms with Crippen molar-refractivity contribution in [1.82, 2.24) is 15.5 Å². The average Bonchev–Trinajstić information content (AvgIpc) is 2.85. The molecule has 202 valence electrons. The lowest BCUT2D eigenvalue weighted by Crippen LogP contribution is -2.52. The van der Waals surface area contributed by atoms with Gasteiger partial charge in [0.25, 0.3) is 5.91 Å². The molecule has 4 N–H and O–H groups in total. The molecule has 0 bridgehead atoms. The number of ether oxygens (including phenoxy) is 2. The summed E-state index contributed by atoms with van der Waals surface area (Å²) >= 11 is 0. The third-order valence-electron chi connectivity index (χ3n) is 5.09. The minimum absolute atomic E-state index is 0.0108. The van der Waals surface area contributed by atoms with Crippen LogP contribution in [0.1, 0.15) is 37.9 Å². The zero-order chi connectivity index (χ0) is 28.5. The Bertz CT molecular complexity index is 1180. The van der Waals surface area contributed by atoms with E-state index in [4.69, 9.17) is 11.2 Å². The van der Waals surface area contributed by atoms with Crippen molar-refractivity contribution in [2.24, 2.45) is 0 Å². The second kappa shape index (κ2) is 13.0. The maximum absolute atomic E-state index is 13.8. The summed E-state index contributed by atoms with van der Waals surface area (Å²) in [5, 5.41) is 24.2. The van der Waals surface area contributed by atoms with Crippen molar-refractivity contribution < 1.29 is 38.9 Å². The molecular formula is C27H31N3O8. The lowest BCUT2D eigenvalue weighted by Gasteiger charge is -2.30. The molecule has 0 aromatic heterocycles. The predicted octanol–water partition coefficient (Wildman–Crippen LogP) is 1.98. The molecule has 2 unspecified atom stereocenters. The second-order valence-electron chi connectivity index (χ2n) is 9.19. The third-order valence-corrected chi connectivity index (χ3v) is 5.09. The summed E-state index contributed by atoms with van der Waals surface area (Å²) in [6.07, 6.45) is 4.76. The van der Waals surface area contributed by atoms with Crippen molar-refractivity contribution in [3.05, 3.63) is 59.7 Å². The van der Waals surface area contributed by atoms with Gasteiger partial charge in [-0.05, 0) is 56.2 Å². The van der Waals surface area contributed by atoms with Gasteiger partial charge in [0.05, 0.1) is 7.11 Å². The van der Waals surface area contributed by atoms with Crippen LogP contribution >= 0.6 is 0 Å². The number of benzene rings is 2. The quantitative estimate of drug-likeness (QED) is 0.220. The number of terminal acetylenes is 1. The Morgan fingerprint density at radius 1 is 1.00 bits per heavy atom. The summed E-state index contributed by atoms with van der Waals surface area (Å²) in [7, 11) is 1.15. The number of alkyl carbamates (subject to hydrolysis) is 1. The summed E-state index contributed by atoms with van der Waals surface area (Å²) in [6.45, 7) is 4.49. The van der Waals surface area contributed by atoms with E-state index in [2.05, 4.69) is 21.4 Å². The van der Waals surface area contributed by atoms with Crippen LogP contribution in [0.15, 0.2) is 48.5 Å². The van der Waals surface area contributed by atoms with Crippen LogP contribution in [0.3, 0.4) is 0 Å². The van der Waals surface area contributed by atoms with Crippen molar-refractivity contribution in [3.63, 3.8) is 0 Å². The summed E-state index contributed by atoms with van der Waals surface area (Å²) in [5.41, 5.74) is -0.0488. The fourth-order valence-electron chi connectivity index (χ4n) is 3.35. The average molecular weight is 526 g/mol. The van der Waals surface area contributed by atoms with Gasteiger partial charge >= 0.3 is 12.1 Å². The number of phenolic OH excluding ortho intramolecular Hbond substituents is 2. The fourth-order valence-corrected chi connectivity index (χ4v) is 3.35. The monoisotopic (exact) mass is 525 g/mol. The van der Waals surface area contributed by atoms with Crippen LogP contribution in [0.5, 0.6) is 11.5 Å². The standard InChI is InChI=1S/C27H31N3O8/c1-6-30(23(18-9-13-20(32)14-10-18)24(34)28-16-22(33)37-5)25(35)21(29-26(36)38-27(2,3)4)15-17-7-11-19(31)12-8-17/h1,7-14,21,23,31-32H,15-16H2,2-5H3,(H,28,34)(H,29,36). The molecule has 2 aromatic carbocycles. The van der Waals surface area contributed by atoms with Crippen LogP contribution in [0, 0.1) is 12.5 Å². The molecule has 11 heteroatoms. The molecule has 0 spiro atoms. The number of hydrogen-bond donors (Lipinski definition) is 4. The van der Waals surface area contributed by atoms with Gasteiger partial charge < -0.3 is 30.3 Å². The van der Waals surface area contributed by atoms with Gasteiger partial charge in [-0.25, -0.2) is 4.79 Å². The number of rotatable bonds is 9. The molecule has 0 radical (unpaired) electrons. The fraction of sp³-hybridized carbons (Fsp3) is 0.333. The van der Waals surface area contributed by atoms with Crippen molar-refractivity contribution in [3.8, 4) is 24.0 Å². The lowest BCUT2D eigenvalue weighted by molar-refractivity contribution is -0.142. The number of methoxy groups -OCH3 is 1. The largest absolute Gasteiger partial charge is 0.508 e. The second-order valence-corrected chi connectivity index (χ2v) is 9.19. The number of nitrogens with zero attached hydrogens (tertiary/aromatic N) is 1. The number of aromatic hydroxyl groups is 2. The number of esters is 1. The van der Waals surface area contributed by atoms with Gasteiger partial charge in [-0.2, -0.15) is 0 Å². The first-order chi connectivity index (χ1) is 17.8. The summed E-state index contributed by atoms with van der Waals surface area (Å²) in [6, 6.07) is 10.9. The number of phenols is 2. The highest BCUT2D eigenvalue weighted by atomic mass is 16.6. The number of hydrogen-bond acceptors (Lipinski definition) is 8. The third kappa shape index (κ3) is 8.74. The lowest BCUT2D eigenvalue weighted by atomic mass is 10.0. The number of amides is 3. The molecule has 2 rings (SSSR count). The molecule has 0 fully saturated rings. The van der Waals surface area contributed by atoms with Gasteiger partial charge in [0.1, 0.15) is 35.7 Å². The molecule has 0 aliphatic rings. The van der Waals surface area contributed by atoms with E-state index in [0.29, 0.717) is 5.56 Å². The normalized spacial score (nSPS) is 12.3. The highest BCUT2D eigenvalue weighted by molar-refractivity contribution is 5.94. The molecule has 0 saturated carbocycles. The Hall–Kier alpha value is -4.72. The van der Waals surface area contributed by atoms with Gasteiger partial charge in [-0.1, -0.05) is 30.7 Å². The van der Waals surface area contributed by atoms with Crippen LogP contribution in [-0.4, -0.2) is 64.3 Å². The molecule has 11 nitrogen and oxygen atoms in total. The number of carbonyl (C=O) groups is 4. The summed E-state index contributed by atoms with van der Waals surface area (Å²) in [5.74, 6) is -2.42. The first kappa shape index (κ1) is 29.5. The predicted molar refractivity (Wildman–Crippen MR) is 137 cm³/mol. The van der Waals surface area contributed by atoms with Gasteiger partial charge in [0.2, 0.25) is 5.91 Å². The van der Waals surface area contributed by atoms with E-state index in [1.165, 1.54) is 36.4 Å². The molecule has 3 amide bonds. The highest BCUT2D eigenvalue weighted by Crippen LogP contribution is 2.25. The topological polar surface area (TPSA) is 154 Å². The number of nitrogens with one attached hydrogen (secondary N) is 2. The van der Waals surface area contributed by atoms with Gasteiger partial charge in [0, 0.05) is 12.5 Å². The molecule has 2 aromatic rings. The van der Waals surface area contributed by atoms with Gasteiger partial charge in [-0.3, -0.25) is 19.3 Å².